The normalized spacial score (nSPS) is 16.2. The van der Waals surface area contributed by atoms with Gasteiger partial charge in [-0.15, -0.1) is 0 Å². The van der Waals surface area contributed by atoms with Crippen LogP contribution in [-0.2, 0) is 0 Å². The number of hydrazine groups is 1. The summed E-state index contributed by atoms with van der Waals surface area (Å²) in [7, 11) is 0. The smallest absolute Gasteiger partial charge is 0.248 e. The topological polar surface area (TPSA) is 81.2 Å². The van der Waals surface area contributed by atoms with Crippen LogP contribution in [0.4, 0.5) is 23.5 Å². The van der Waals surface area contributed by atoms with Gasteiger partial charge in [0.2, 0.25) is 17.8 Å². The molecule has 0 unspecified atom stereocenters. The molecule has 4 rings (SSSR count). The average Bonchev–Trinajstić information content (AvgIpc) is 3.43. The molecular weight excluding hydrogens is 384 g/mol. The third-order valence-corrected chi connectivity index (χ3v) is 5.65. The molecule has 0 radical (unpaired) electrons. The number of hydrogen-bond donors (Lipinski definition) is 3. The minimum atomic E-state index is 0.458. The fraction of sp³-hybridized carbons (Fsp3) is 0.500. The molecule has 9 heteroatoms. The van der Waals surface area contributed by atoms with Crippen molar-refractivity contribution in [3.63, 3.8) is 0 Å². The van der Waals surface area contributed by atoms with E-state index in [0.717, 1.165) is 43.8 Å². The van der Waals surface area contributed by atoms with E-state index in [0.29, 0.717) is 11.1 Å². The van der Waals surface area contributed by atoms with E-state index in [1.807, 2.05) is 6.07 Å². The summed E-state index contributed by atoms with van der Waals surface area (Å²) in [4.78, 5) is 18.4. The summed E-state index contributed by atoms with van der Waals surface area (Å²) >= 11 is 5.41. The zero-order valence-corrected chi connectivity index (χ0v) is 17.8. The molecule has 3 heterocycles. The Morgan fingerprint density at radius 3 is 2.00 bits per heavy atom. The predicted octanol–water partition coefficient (Wildman–Crippen LogP) is 3.00. The Bertz CT molecular complexity index is 841. The van der Waals surface area contributed by atoms with Crippen molar-refractivity contribution in [1.29, 1.82) is 0 Å². The van der Waals surface area contributed by atoms with E-state index in [9.17, 15) is 0 Å². The van der Waals surface area contributed by atoms with Crippen LogP contribution in [0.2, 0.25) is 0 Å². The van der Waals surface area contributed by atoms with Gasteiger partial charge in [-0.1, -0.05) is 6.07 Å². The van der Waals surface area contributed by atoms with Gasteiger partial charge in [-0.3, -0.25) is 10.9 Å². The second kappa shape index (κ2) is 8.77. The van der Waals surface area contributed by atoms with Crippen LogP contribution >= 0.6 is 12.2 Å². The van der Waals surface area contributed by atoms with Gasteiger partial charge in [-0.05, 0) is 75.0 Å². The molecule has 8 nitrogen and oxygen atoms in total. The first-order valence-corrected chi connectivity index (χ1v) is 10.7. The average molecular weight is 413 g/mol. The highest BCUT2D eigenvalue weighted by atomic mass is 32.1. The van der Waals surface area contributed by atoms with Crippen LogP contribution in [0.5, 0.6) is 0 Å². The minimum absolute atomic E-state index is 0.458. The van der Waals surface area contributed by atoms with E-state index >= 15 is 0 Å². The Labute approximate surface area is 177 Å². The summed E-state index contributed by atoms with van der Waals surface area (Å²) in [5.74, 6) is 1.95. The lowest BCUT2D eigenvalue weighted by Crippen LogP contribution is -2.35. The number of anilines is 4. The van der Waals surface area contributed by atoms with Crippen LogP contribution in [0.1, 0.15) is 36.8 Å². The molecule has 2 aliphatic heterocycles. The van der Waals surface area contributed by atoms with E-state index in [1.54, 1.807) is 0 Å². The van der Waals surface area contributed by atoms with Crippen molar-refractivity contribution in [3.8, 4) is 0 Å². The molecule has 0 amide bonds. The molecule has 2 saturated heterocycles. The van der Waals surface area contributed by atoms with Crippen LogP contribution < -0.4 is 26.0 Å². The molecule has 3 N–H and O–H groups in total. The number of benzene rings is 1. The van der Waals surface area contributed by atoms with Crippen molar-refractivity contribution >= 4 is 40.9 Å². The molecule has 29 heavy (non-hydrogen) atoms. The van der Waals surface area contributed by atoms with Crippen LogP contribution in [-0.4, -0.2) is 46.2 Å². The number of aryl methyl sites for hydroxylation is 2. The van der Waals surface area contributed by atoms with Crippen molar-refractivity contribution in [3.05, 3.63) is 29.3 Å². The molecule has 154 valence electrons. The summed E-state index contributed by atoms with van der Waals surface area (Å²) in [6.07, 6.45) is 4.71. The Kier molecular flexibility index (Phi) is 5.94. The van der Waals surface area contributed by atoms with E-state index in [-0.39, 0.29) is 0 Å². The van der Waals surface area contributed by atoms with Crippen molar-refractivity contribution < 1.29 is 0 Å². The van der Waals surface area contributed by atoms with Crippen molar-refractivity contribution in [2.75, 3.05) is 46.7 Å². The molecular formula is C20H28N8S. The molecule has 0 saturated carbocycles. The molecule has 2 aromatic rings. The zero-order valence-electron chi connectivity index (χ0n) is 17.0. The minimum Gasteiger partial charge on any atom is -0.341 e. The lowest BCUT2D eigenvalue weighted by atomic mass is 10.1. The van der Waals surface area contributed by atoms with Crippen LogP contribution in [0.15, 0.2) is 18.2 Å². The molecule has 0 spiro atoms. The molecule has 1 aromatic heterocycles. The molecule has 0 atom stereocenters. The van der Waals surface area contributed by atoms with Crippen molar-refractivity contribution in [2.45, 2.75) is 39.5 Å². The predicted molar refractivity (Wildman–Crippen MR) is 122 cm³/mol. The molecule has 0 aliphatic carbocycles. The number of aromatic nitrogens is 3. The van der Waals surface area contributed by atoms with Gasteiger partial charge >= 0.3 is 0 Å². The largest absolute Gasteiger partial charge is 0.341 e. The number of hydrogen-bond acceptors (Lipinski definition) is 7. The summed E-state index contributed by atoms with van der Waals surface area (Å²) in [5, 5.41) is 3.64. The number of nitrogens with zero attached hydrogens (tertiary/aromatic N) is 5. The first-order valence-electron chi connectivity index (χ1n) is 10.2. The maximum atomic E-state index is 5.41. The van der Waals surface area contributed by atoms with Crippen LogP contribution in [0.25, 0.3) is 0 Å². The molecule has 2 fully saturated rings. The van der Waals surface area contributed by atoms with E-state index in [4.69, 9.17) is 17.2 Å². The standard InChI is InChI=1S/C20H28N8S/c1-14-7-8-16(13-15(14)2)21-20(29)26-25-17-22-18(27-9-3-4-10-27)24-19(23-17)28-11-5-6-12-28/h7-8,13H,3-6,9-12H2,1-2H3,(H2,21,26,29)(H,22,23,24,25). The van der Waals surface area contributed by atoms with E-state index in [1.165, 1.54) is 36.8 Å². The lowest BCUT2D eigenvalue weighted by molar-refractivity contribution is 0.834. The van der Waals surface area contributed by atoms with Gasteiger partial charge in [-0.25, -0.2) is 0 Å². The van der Waals surface area contributed by atoms with Gasteiger partial charge in [-0.2, -0.15) is 15.0 Å². The highest BCUT2D eigenvalue weighted by molar-refractivity contribution is 7.80. The van der Waals surface area contributed by atoms with Crippen LogP contribution in [0.3, 0.4) is 0 Å². The first kappa shape index (κ1) is 19.6. The third-order valence-electron chi connectivity index (χ3n) is 5.44. The fourth-order valence-corrected chi connectivity index (χ4v) is 3.79. The SMILES string of the molecule is Cc1ccc(NC(=S)NNc2nc(N3CCCC3)nc(N3CCCC3)n2)cc1C. The molecule has 2 aliphatic rings. The van der Waals surface area contributed by atoms with Gasteiger partial charge in [0.25, 0.3) is 0 Å². The molecule has 1 aromatic carbocycles. The highest BCUT2D eigenvalue weighted by Gasteiger charge is 2.21. The number of rotatable bonds is 5. The van der Waals surface area contributed by atoms with Crippen molar-refractivity contribution in [1.82, 2.24) is 20.4 Å². The van der Waals surface area contributed by atoms with E-state index in [2.05, 4.69) is 61.9 Å². The molecule has 0 bridgehead atoms. The quantitative estimate of drug-likeness (QED) is 0.507. The first-order chi connectivity index (χ1) is 14.1. The Hall–Kier alpha value is -2.68. The maximum Gasteiger partial charge on any atom is 0.248 e. The van der Waals surface area contributed by atoms with Crippen LogP contribution in [0, 0.1) is 13.8 Å². The van der Waals surface area contributed by atoms with Gasteiger partial charge < -0.3 is 15.1 Å². The fourth-order valence-electron chi connectivity index (χ4n) is 3.62. The summed E-state index contributed by atoms with van der Waals surface area (Å²) < 4.78 is 0. The second-order valence-electron chi connectivity index (χ2n) is 7.65. The Balaban J connectivity index is 1.45. The Morgan fingerprint density at radius 1 is 0.862 bits per heavy atom. The van der Waals surface area contributed by atoms with Gasteiger partial charge in [0.05, 0.1) is 0 Å². The summed E-state index contributed by atoms with van der Waals surface area (Å²) in [6.45, 7) is 8.13. The lowest BCUT2D eigenvalue weighted by Gasteiger charge is -2.21. The van der Waals surface area contributed by atoms with E-state index < -0.39 is 0 Å². The third kappa shape index (κ3) is 4.84. The number of thiocarbonyl (C=S) groups is 1. The van der Waals surface area contributed by atoms with Gasteiger partial charge in [0.1, 0.15) is 0 Å². The highest BCUT2D eigenvalue weighted by Crippen LogP contribution is 2.22. The zero-order chi connectivity index (χ0) is 20.2. The van der Waals surface area contributed by atoms with Gasteiger partial charge in [0.15, 0.2) is 5.11 Å². The monoisotopic (exact) mass is 412 g/mol. The second-order valence-corrected chi connectivity index (χ2v) is 8.06. The Morgan fingerprint density at radius 2 is 1.45 bits per heavy atom. The summed E-state index contributed by atoms with van der Waals surface area (Å²) in [6, 6.07) is 6.16. The van der Waals surface area contributed by atoms with Gasteiger partial charge in [0, 0.05) is 31.9 Å². The van der Waals surface area contributed by atoms with Crippen molar-refractivity contribution in [2.24, 2.45) is 0 Å². The summed E-state index contributed by atoms with van der Waals surface area (Å²) in [5.41, 5.74) is 9.46. The maximum absolute atomic E-state index is 5.41. The number of nitrogens with one attached hydrogen (secondary N) is 3.